The van der Waals surface area contributed by atoms with Gasteiger partial charge in [0.15, 0.2) is 0 Å². The Morgan fingerprint density at radius 1 is 1.03 bits per heavy atom. The van der Waals surface area contributed by atoms with Crippen molar-refractivity contribution in [3.05, 3.63) is 0 Å². The van der Waals surface area contributed by atoms with Crippen LogP contribution in [0.25, 0.3) is 0 Å². The molecule has 0 unspecified atom stereocenters. The summed E-state index contributed by atoms with van der Waals surface area (Å²) >= 11 is 0. The van der Waals surface area contributed by atoms with Gasteiger partial charge in [-0.15, -0.1) is 0 Å². The van der Waals surface area contributed by atoms with Crippen molar-refractivity contribution in [1.29, 1.82) is 0 Å². The predicted octanol–water partition coefficient (Wildman–Crippen LogP) is 1.06. The Morgan fingerprint density at radius 2 is 1.78 bits per heavy atom. The van der Waals surface area contributed by atoms with Crippen molar-refractivity contribution in [2.75, 3.05) is 32.8 Å². The smallest absolute Gasteiger partial charge is 0.408 e. The fourth-order valence-corrected chi connectivity index (χ4v) is 4.34. The number of piperidine rings is 2. The van der Waals surface area contributed by atoms with Gasteiger partial charge in [-0.05, 0) is 69.9 Å². The number of rotatable bonds is 10. The van der Waals surface area contributed by atoms with Gasteiger partial charge in [0.25, 0.3) is 0 Å². The molecule has 2 aliphatic heterocycles. The van der Waals surface area contributed by atoms with Gasteiger partial charge in [0.2, 0.25) is 11.8 Å². The monoisotopic (exact) mass is 452 g/mol. The van der Waals surface area contributed by atoms with Crippen molar-refractivity contribution in [2.45, 2.75) is 64.0 Å². The molecule has 0 aromatic heterocycles. The molecule has 10 heteroatoms. The van der Waals surface area contributed by atoms with E-state index in [1.54, 1.807) is 4.90 Å². The first-order valence-corrected chi connectivity index (χ1v) is 11.8. The lowest BCUT2D eigenvalue weighted by atomic mass is 9.92. The van der Waals surface area contributed by atoms with Crippen LogP contribution in [-0.4, -0.2) is 72.8 Å². The minimum Gasteiger partial charge on any atom is -0.481 e. The van der Waals surface area contributed by atoms with E-state index in [0.29, 0.717) is 44.4 Å². The molecule has 32 heavy (non-hydrogen) atoms. The summed E-state index contributed by atoms with van der Waals surface area (Å²) in [5.41, 5.74) is 0. The van der Waals surface area contributed by atoms with Gasteiger partial charge < -0.3 is 30.7 Å². The summed E-state index contributed by atoms with van der Waals surface area (Å²) in [6, 6.07) is 0. The number of likely N-dealkylation sites (tertiary alicyclic amines) is 1. The fraction of sp³-hybridized carbons (Fsp3) is 0.818. The number of nitrogens with zero attached hydrogens (tertiary/aromatic N) is 1. The van der Waals surface area contributed by atoms with E-state index in [0.717, 1.165) is 51.6 Å². The third kappa shape index (κ3) is 8.29. The van der Waals surface area contributed by atoms with Crippen LogP contribution >= 0.6 is 0 Å². The molecule has 3 amide bonds. The second-order valence-corrected chi connectivity index (χ2v) is 9.26. The Morgan fingerprint density at radius 3 is 2.47 bits per heavy atom. The van der Waals surface area contributed by atoms with Gasteiger partial charge in [-0.25, -0.2) is 4.79 Å². The van der Waals surface area contributed by atoms with E-state index in [4.69, 9.17) is 9.84 Å². The van der Waals surface area contributed by atoms with Crippen LogP contribution in [0.5, 0.6) is 0 Å². The van der Waals surface area contributed by atoms with Crippen LogP contribution in [0.1, 0.15) is 57.8 Å². The van der Waals surface area contributed by atoms with Crippen LogP contribution in [0, 0.1) is 17.8 Å². The number of hydrogen-bond acceptors (Lipinski definition) is 6. The fourth-order valence-electron chi connectivity index (χ4n) is 4.34. The molecule has 10 nitrogen and oxygen atoms in total. The topological polar surface area (TPSA) is 137 Å². The Bertz CT molecular complexity index is 677. The third-order valence-electron chi connectivity index (χ3n) is 6.50. The second kappa shape index (κ2) is 12.0. The summed E-state index contributed by atoms with van der Waals surface area (Å²) < 4.78 is 5.08. The first-order chi connectivity index (χ1) is 15.4. The van der Waals surface area contributed by atoms with Crippen LogP contribution < -0.4 is 16.0 Å². The highest BCUT2D eigenvalue weighted by atomic mass is 16.5. The van der Waals surface area contributed by atoms with Crippen molar-refractivity contribution in [2.24, 2.45) is 17.8 Å². The Labute approximate surface area is 188 Å². The molecule has 1 saturated carbocycles. The quantitative estimate of drug-likeness (QED) is 0.364. The van der Waals surface area contributed by atoms with Gasteiger partial charge in [-0.2, -0.15) is 0 Å². The van der Waals surface area contributed by atoms with E-state index < -0.39 is 30.6 Å². The summed E-state index contributed by atoms with van der Waals surface area (Å²) in [6.07, 6.45) is 4.72. The van der Waals surface area contributed by atoms with E-state index in [1.807, 2.05) is 0 Å². The van der Waals surface area contributed by atoms with Gasteiger partial charge >= 0.3 is 12.1 Å². The maximum absolute atomic E-state index is 12.8. The molecular weight excluding hydrogens is 416 g/mol. The zero-order chi connectivity index (χ0) is 22.9. The van der Waals surface area contributed by atoms with Crippen LogP contribution in [0.2, 0.25) is 0 Å². The Balaban J connectivity index is 1.45. The maximum atomic E-state index is 12.8. The minimum atomic E-state index is -1.14. The summed E-state index contributed by atoms with van der Waals surface area (Å²) in [4.78, 5) is 50.3. The van der Waals surface area contributed by atoms with Crippen LogP contribution in [0.3, 0.4) is 0 Å². The summed E-state index contributed by atoms with van der Waals surface area (Å²) in [6.45, 7) is 3.27. The molecule has 0 aromatic carbocycles. The van der Waals surface area contributed by atoms with Crippen molar-refractivity contribution in [3.8, 4) is 0 Å². The normalized spacial score (nSPS) is 22.6. The van der Waals surface area contributed by atoms with E-state index in [9.17, 15) is 19.2 Å². The number of ether oxygens (including phenoxy) is 1. The largest absolute Gasteiger partial charge is 0.481 e. The second-order valence-electron chi connectivity index (χ2n) is 9.26. The lowest BCUT2D eigenvalue weighted by molar-refractivity contribution is -0.138. The average Bonchev–Trinajstić information content (AvgIpc) is 3.61. The molecule has 3 aliphatic rings. The van der Waals surface area contributed by atoms with Gasteiger partial charge in [0.05, 0.1) is 18.9 Å². The van der Waals surface area contributed by atoms with Crippen molar-refractivity contribution >= 4 is 23.9 Å². The zero-order valence-electron chi connectivity index (χ0n) is 18.6. The first kappa shape index (κ1) is 24.3. The van der Waals surface area contributed by atoms with Crippen LogP contribution in [0.4, 0.5) is 4.79 Å². The molecule has 2 saturated heterocycles. The Hall–Kier alpha value is -2.36. The lowest BCUT2D eigenvalue weighted by Gasteiger charge is -2.33. The molecule has 0 radical (unpaired) electrons. The molecule has 4 N–H and O–H groups in total. The summed E-state index contributed by atoms with van der Waals surface area (Å²) in [7, 11) is 0. The van der Waals surface area contributed by atoms with Crippen LogP contribution in [-0.2, 0) is 19.1 Å². The van der Waals surface area contributed by atoms with Crippen molar-refractivity contribution in [1.82, 2.24) is 20.9 Å². The number of hydrogen-bond donors (Lipinski definition) is 4. The number of nitrogens with one attached hydrogen (secondary N) is 3. The van der Waals surface area contributed by atoms with Gasteiger partial charge in [-0.1, -0.05) is 0 Å². The number of aliphatic carboxylic acids is 1. The van der Waals surface area contributed by atoms with E-state index in [-0.39, 0.29) is 11.8 Å². The summed E-state index contributed by atoms with van der Waals surface area (Å²) in [5, 5.41) is 17.5. The zero-order valence-corrected chi connectivity index (χ0v) is 18.6. The van der Waals surface area contributed by atoms with E-state index in [2.05, 4.69) is 16.0 Å². The lowest BCUT2D eigenvalue weighted by Crippen LogP contribution is -2.53. The third-order valence-corrected chi connectivity index (χ3v) is 6.50. The highest BCUT2D eigenvalue weighted by Gasteiger charge is 2.31. The van der Waals surface area contributed by atoms with Gasteiger partial charge in [0.1, 0.15) is 6.17 Å². The first-order valence-electron chi connectivity index (χ1n) is 11.8. The minimum absolute atomic E-state index is 0.0740. The number of carboxylic acid groups (broad SMARTS) is 1. The highest BCUT2D eigenvalue weighted by Crippen LogP contribution is 2.28. The van der Waals surface area contributed by atoms with Crippen molar-refractivity contribution in [3.63, 3.8) is 0 Å². The SMILES string of the molecule is O=C(O)C[C@@H](NC(=O)OCC1CC1)NC(=O)[C@@H]1CCCN(C(=O)CCC2CCNCC2)C1. The van der Waals surface area contributed by atoms with Gasteiger partial charge in [-0.3, -0.25) is 14.4 Å². The number of carbonyl (C=O) groups excluding carboxylic acids is 3. The van der Waals surface area contributed by atoms with Gasteiger partial charge in [0, 0.05) is 19.5 Å². The highest BCUT2D eigenvalue weighted by molar-refractivity contribution is 5.82. The number of alkyl carbamates (subject to hydrolysis) is 1. The van der Waals surface area contributed by atoms with E-state index in [1.165, 1.54) is 0 Å². The number of amides is 3. The molecule has 0 bridgehead atoms. The molecular formula is C22H36N4O6. The standard InChI is InChI=1S/C22H36N4O6/c27-19(6-5-15-7-9-23-10-8-15)26-11-1-2-17(13-26)21(30)24-18(12-20(28)29)25-22(31)32-14-16-3-4-16/h15-18,23H,1-14H2,(H,24,30)(H,25,31)(H,28,29)/t17-,18-/m1/s1. The number of carboxylic acids is 1. The molecule has 2 heterocycles. The molecule has 3 fully saturated rings. The maximum Gasteiger partial charge on any atom is 0.408 e. The molecule has 180 valence electrons. The summed E-state index contributed by atoms with van der Waals surface area (Å²) in [5.74, 6) is -0.886. The molecule has 3 rings (SSSR count). The van der Waals surface area contributed by atoms with Crippen LogP contribution in [0.15, 0.2) is 0 Å². The molecule has 1 aliphatic carbocycles. The average molecular weight is 453 g/mol. The molecule has 0 aromatic rings. The van der Waals surface area contributed by atoms with E-state index >= 15 is 0 Å². The molecule has 2 atom stereocenters. The predicted molar refractivity (Wildman–Crippen MR) is 116 cm³/mol. The Kier molecular flexibility index (Phi) is 9.13. The number of carbonyl (C=O) groups is 4. The van der Waals surface area contributed by atoms with Crippen molar-refractivity contribution < 1.29 is 29.0 Å². The molecule has 0 spiro atoms.